The van der Waals surface area contributed by atoms with Crippen molar-refractivity contribution >= 4 is 50.4 Å². The molecule has 4 aromatic rings. The first-order valence-electron chi connectivity index (χ1n) is 9.68. The minimum Gasteiger partial charge on any atom is -0.333 e. The maximum absolute atomic E-state index is 13.0. The smallest absolute Gasteiger partial charge is 0.271 e. The highest BCUT2D eigenvalue weighted by molar-refractivity contribution is 7.22. The van der Waals surface area contributed by atoms with Crippen molar-refractivity contribution in [3.05, 3.63) is 74.4 Å². The number of benzene rings is 1. The summed E-state index contributed by atoms with van der Waals surface area (Å²) in [7, 11) is 0. The summed E-state index contributed by atoms with van der Waals surface area (Å²) in [6, 6.07) is 13.6. The van der Waals surface area contributed by atoms with E-state index in [1.54, 1.807) is 11.3 Å². The molecule has 0 spiro atoms. The van der Waals surface area contributed by atoms with Gasteiger partial charge in [0.25, 0.3) is 5.56 Å². The van der Waals surface area contributed by atoms with Crippen LogP contribution in [0.2, 0.25) is 5.02 Å². The third-order valence-electron chi connectivity index (χ3n) is 5.38. The molecule has 1 fully saturated rings. The number of nitrogens with zero attached hydrogens (tertiary/aromatic N) is 3. The summed E-state index contributed by atoms with van der Waals surface area (Å²) < 4.78 is 1.99. The first-order chi connectivity index (χ1) is 14.6. The van der Waals surface area contributed by atoms with E-state index in [1.165, 1.54) is 27.1 Å². The molecule has 30 heavy (non-hydrogen) atoms. The van der Waals surface area contributed by atoms with E-state index in [-0.39, 0.29) is 24.1 Å². The highest BCUT2D eigenvalue weighted by atomic mass is 35.5. The number of hydrogen-bond acceptors (Lipinski definition) is 5. The Labute approximate surface area is 186 Å². The molecule has 5 nitrogen and oxygen atoms in total. The number of fused-ring (bicyclic) bond motifs is 1. The minimum absolute atomic E-state index is 0.0117. The van der Waals surface area contributed by atoms with Crippen molar-refractivity contribution in [1.29, 1.82) is 0 Å². The predicted octanol–water partition coefficient (Wildman–Crippen LogP) is 5.20. The number of hydrogen-bond donors (Lipinski definition) is 0. The lowest BCUT2D eigenvalue weighted by molar-refractivity contribution is -0.132. The molecule has 0 bridgehead atoms. The molecular formula is C22H18ClN3O2S2. The molecule has 152 valence electrons. The summed E-state index contributed by atoms with van der Waals surface area (Å²) >= 11 is 9.04. The van der Waals surface area contributed by atoms with Gasteiger partial charge >= 0.3 is 0 Å². The summed E-state index contributed by atoms with van der Waals surface area (Å²) in [6.07, 6.45) is 3.43. The molecule has 1 aromatic carbocycles. The number of rotatable bonds is 4. The van der Waals surface area contributed by atoms with E-state index < -0.39 is 0 Å². The zero-order valence-electron chi connectivity index (χ0n) is 16.0. The lowest BCUT2D eigenvalue weighted by atomic mass is 10.2. The lowest BCUT2D eigenvalue weighted by Crippen LogP contribution is -2.35. The quantitative estimate of drug-likeness (QED) is 0.424. The van der Waals surface area contributed by atoms with E-state index in [2.05, 4.69) is 11.1 Å². The lowest BCUT2D eigenvalue weighted by Gasteiger charge is -2.24. The van der Waals surface area contributed by atoms with Crippen LogP contribution in [0.5, 0.6) is 0 Å². The van der Waals surface area contributed by atoms with Gasteiger partial charge in [0.15, 0.2) is 0 Å². The Hall–Kier alpha value is -2.48. The van der Waals surface area contributed by atoms with E-state index in [1.807, 2.05) is 46.7 Å². The Morgan fingerprint density at radius 1 is 1.23 bits per heavy atom. The van der Waals surface area contributed by atoms with E-state index in [4.69, 9.17) is 11.6 Å². The van der Waals surface area contributed by atoms with Gasteiger partial charge in [0, 0.05) is 21.3 Å². The van der Waals surface area contributed by atoms with Crippen LogP contribution in [0.15, 0.2) is 59.0 Å². The SMILES string of the molecule is O=C(Cn1cnc2cc(-c3ccc(Cl)cc3)sc2c1=O)N1CCCC1c1cccs1. The topological polar surface area (TPSA) is 55.2 Å². The highest BCUT2D eigenvalue weighted by Gasteiger charge is 2.30. The maximum Gasteiger partial charge on any atom is 0.271 e. The molecule has 1 aliphatic heterocycles. The van der Waals surface area contributed by atoms with Gasteiger partial charge in [-0.2, -0.15) is 0 Å². The van der Waals surface area contributed by atoms with Crippen LogP contribution in [0.1, 0.15) is 23.8 Å². The summed E-state index contributed by atoms with van der Waals surface area (Å²) in [5.74, 6) is -0.0383. The van der Waals surface area contributed by atoms with Crippen LogP contribution < -0.4 is 5.56 Å². The van der Waals surface area contributed by atoms with Crippen LogP contribution in [0.3, 0.4) is 0 Å². The molecule has 3 aromatic heterocycles. The standard InChI is InChI=1S/C22H18ClN3O2S2/c23-15-7-5-14(6-8-15)19-11-16-21(30-19)22(28)25(13-24-16)12-20(27)26-9-1-3-17(26)18-4-2-10-29-18/h2,4-8,10-11,13,17H,1,3,9,12H2. The van der Waals surface area contributed by atoms with Gasteiger partial charge in [0.2, 0.25) is 5.91 Å². The van der Waals surface area contributed by atoms with Gasteiger partial charge in [0.05, 0.1) is 17.9 Å². The molecule has 4 heterocycles. The van der Waals surface area contributed by atoms with Crippen LogP contribution in [-0.2, 0) is 11.3 Å². The van der Waals surface area contributed by atoms with Gasteiger partial charge in [-0.1, -0.05) is 29.8 Å². The normalized spacial score (nSPS) is 16.4. The first-order valence-corrected chi connectivity index (χ1v) is 11.8. The van der Waals surface area contributed by atoms with Crippen molar-refractivity contribution in [2.24, 2.45) is 0 Å². The molecule has 0 aliphatic carbocycles. The molecule has 5 rings (SSSR count). The molecule has 0 radical (unpaired) electrons. The van der Waals surface area contributed by atoms with Crippen molar-refractivity contribution in [1.82, 2.24) is 14.5 Å². The Morgan fingerprint density at radius 3 is 2.83 bits per heavy atom. The van der Waals surface area contributed by atoms with Gasteiger partial charge in [-0.3, -0.25) is 14.2 Å². The molecule has 0 saturated carbocycles. The second kappa shape index (κ2) is 7.98. The average molecular weight is 456 g/mol. The van der Waals surface area contributed by atoms with Crippen LogP contribution >= 0.6 is 34.3 Å². The molecule has 1 amide bonds. The predicted molar refractivity (Wildman–Crippen MR) is 122 cm³/mol. The van der Waals surface area contributed by atoms with Crippen molar-refractivity contribution < 1.29 is 4.79 Å². The van der Waals surface area contributed by atoms with E-state index in [9.17, 15) is 9.59 Å². The second-order valence-corrected chi connectivity index (χ2v) is 9.74. The maximum atomic E-state index is 13.0. The van der Waals surface area contributed by atoms with Gasteiger partial charge < -0.3 is 4.90 Å². The zero-order chi connectivity index (χ0) is 20.7. The number of halogens is 1. The fraction of sp³-hybridized carbons (Fsp3) is 0.227. The first kappa shape index (κ1) is 19.5. The minimum atomic E-state index is -0.176. The Kier molecular flexibility index (Phi) is 5.18. The van der Waals surface area contributed by atoms with E-state index >= 15 is 0 Å². The number of aromatic nitrogens is 2. The van der Waals surface area contributed by atoms with Crippen LogP contribution in [0.4, 0.5) is 0 Å². The van der Waals surface area contributed by atoms with Crippen molar-refractivity contribution in [2.75, 3.05) is 6.54 Å². The van der Waals surface area contributed by atoms with E-state index in [0.717, 1.165) is 29.8 Å². The van der Waals surface area contributed by atoms with Crippen LogP contribution in [0.25, 0.3) is 20.7 Å². The van der Waals surface area contributed by atoms with E-state index in [0.29, 0.717) is 15.2 Å². The zero-order valence-corrected chi connectivity index (χ0v) is 18.3. The summed E-state index contributed by atoms with van der Waals surface area (Å²) in [6.45, 7) is 0.739. The third kappa shape index (κ3) is 3.57. The Bertz CT molecular complexity index is 1260. The number of amides is 1. The largest absolute Gasteiger partial charge is 0.333 e. The number of carbonyl (C=O) groups excluding carboxylic acids is 1. The van der Waals surface area contributed by atoms with Gasteiger partial charge in [0.1, 0.15) is 11.2 Å². The summed E-state index contributed by atoms with van der Waals surface area (Å²) in [4.78, 5) is 34.5. The Morgan fingerprint density at radius 2 is 2.07 bits per heavy atom. The molecule has 8 heteroatoms. The second-order valence-electron chi connectivity index (χ2n) is 7.27. The monoisotopic (exact) mass is 455 g/mol. The Balaban J connectivity index is 1.42. The van der Waals surface area contributed by atoms with Gasteiger partial charge in [-0.25, -0.2) is 4.98 Å². The molecule has 0 N–H and O–H groups in total. The van der Waals surface area contributed by atoms with Crippen molar-refractivity contribution in [2.45, 2.75) is 25.4 Å². The van der Waals surface area contributed by atoms with Crippen molar-refractivity contribution in [3.8, 4) is 10.4 Å². The van der Waals surface area contributed by atoms with Crippen LogP contribution in [0, 0.1) is 0 Å². The highest BCUT2D eigenvalue weighted by Crippen LogP contribution is 2.35. The van der Waals surface area contributed by atoms with Crippen LogP contribution in [-0.4, -0.2) is 26.9 Å². The number of thiophene rings is 2. The molecule has 1 atom stereocenters. The molecule has 1 saturated heterocycles. The van der Waals surface area contributed by atoms with Gasteiger partial charge in [-0.15, -0.1) is 22.7 Å². The molecule has 1 unspecified atom stereocenters. The third-order valence-corrected chi connectivity index (χ3v) is 7.77. The number of likely N-dealkylation sites (tertiary alicyclic amines) is 1. The average Bonchev–Trinajstić information content (AvgIpc) is 3.50. The summed E-state index contributed by atoms with van der Waals surface area (Å²) in [5, 5.41) is 2.70. The van der Waals surface area contributed by atoms with Gasteiger partial charge in [-0.05, 0) is 48.1 Å². The molecule has 1 aliphatic rings. The summed E-state index contributed by atoms with van der Waals surface area (Å²) in [5.41, 5.74) is 1.46. The van der Waals surface area contributed by atoms with Crippen molar-refractivity contribution in [3.63, 3.8) is 0 Å². The molecular weight excluding hydrogens is 438 g/mol. The fourth-order valence-corrected chi connectivity index (χ4v) is 5.96. The fourth-order valence-electron chi connectivity index (χ4n) is 3.89. The number of carbonyl (C=O) groups is 1.